The molecule has 0 N–H and O–H groups in total. The van der Waals surface area contributed by atoms with E-state index in [1.54, 1.807) is 0 Å². The number of hydrogen-bond donors (Lipinski definition) is 0. The Labute approximate surface area is 397 Å². The molecule has 1 aliphatic carbocycles. The maximum absolute atomic E-state index is 2.50. The van der Waals surface area contributed by atoms with Crippen molar-refractivity contribution < 1.29 is 0 Å². The van der Waals surface area contributed by atoms with Crippen molar-refractivity contribution in [3.8, 4) is 55.6 Å². The fourth-order valence-corrected chi connectivity index (χ4v) is 11.5. The minimum Gasteiger partial charge on any atom is -0.309 e. The number of fused-ring (bicyclic) bond motifs is 7. The molecule has 0 unspecified atom stereocenters. The molecule has 68 heavy (non-hydrogen) atoms. The highest BCUT2D eigenvalue weighted by molar-refractivity contribution is 6.24. The molecule has 1 nitrogen and oxygen atoms in total. The second kappa shape index (κ2) is 15.8. The molecule has 320 valence electrons. The number of anilines is 3. The number of hydrogen-bond acceptors (Lipinski definition) is 1. The van der Waals surface area contributed by atoms with Crippen LogP contribution in [0.1, 0.15) is 25.0 Å². The van der Waals surface area contributed by atoms with Gasteiger partial charge in [-0.2, -0.15) is 0 Å². The summed E-state index contributed by atoms with van der Waals surface area (Å²) < 4.78 is 0. The lowest BCUT2D eigenvalue weighted by atomic mass is 9.82. The molecule has 0 spiro atoms. The smallest absolute Gasteiger partial charge is 0.0618 e. The van der Waals surface area contributed by atoms with Gasteiger partial charge in [-0.1, -0.05) is 232 Å². The number of nitrogens with zero attached hydrogens (tertiary/aromatic N) is 1. The van der Waals surface area contributed by atoms with E-state index in [4.69, 9.17) is 0 Å². The first-order chi connectivity index (χ1) is 33.5. The van der Waals surface area contributed by atoms with E-state index in [1.807, 2.05) is 0 Å². The highest BCUT2D eigenvalue weighted by Crippen LogP contribution is 2.53. The fourth-order valence-electron chi connectivity index (χ4n) is 11.5. The molecule has 0 fully saturated rings. The zero-order valence-corrected chi connectivity index (χ0v) is 38.1. The largest absolute Gasteiger partial charge is 0.309 e. The van der Waals surface area contributed by atoms with Gasteiger partial charge in [0.1, 0.15) is 0 Å². The molecular weight excluding hydrogens is 819 g/mol. The summed E-state index contributed by atoms with van der Waals surface area (Å²) in [5, 5.41) is 9.86. The zero-order valence-electron chi connectivity index (χ0n) is 38.1. The van der Waals surface area contributed by atoms with Crippen LogP contribution in [0.25, 0.3) is 98.7 Å². The highest BCUT2D eigenvalue weighted by atomic mass is 15.1. The monoisotopic (exact) mass is 865 g/mol. The Morgan fingerprint density at radius 1 is 0.265 bits per heavy atom. The summed E-state index contributed by atoms with van der Waals surface area (Å²) >= 11 is 0. The van der Waals surface area contributed by atoms with Gasteiger partial charge in [-0.15, -0.1) is 0 Å². The molecule has 12 aromatic carbocycles. The summed E-state index contributed by atoms with van der Waals surface area (Å²) in [7, 11) is 0. The number of para-hydroxylation sites is 1. The second-order valence-corrected chi connectivity index (χ2v) is 18.8. The van der Waals surface area contributed by atoms with E-state index >= 15 is 0 Å². The normalized spacial score (nSPS) is 12.7. The lowest BCUT2D eigenvalue weighted by molar-refractivity contribution is 0.660. The number of rotatable bonds is 7. The molecule has 1 heteroatoms. The Kier molecular flexibility index (Phi) is 9.27. The third-order valence-electron chi connectivity index (χ3n) is 14.6. The van der Waals surface area contributed by atoms with E-state index in [9.17, 15) is 0 Å². The van der Waals surface area contributed by atoms with E-state index in [2.05, 4.69) is 267 Å². The molecule has 13 rings (SSSR count). The van der Waals surface area contributed by atoms with E-state index in [0.29, 0.717) is 0 Å². The molecule has 0 bridgehead atoms. The van der Waals surface area contributed by atoms with Crippen molar-refractivity contribution in [3.63, 3.8) is 0 Å². The Balaban J connectivity index is 1.01. The van der Waals surface area contributed by atoms with Crippen molar-refractivity contribution in [2.75, 3.05) is 4.90 Å². The maximum atomic E-state index is 2.50. The molecule has 0 atom stereocenters. The average molecular weight is 866 g/mol. The molecular formula is C67H47N. The Morgan fingerprint density at radius 2 is 0.676 bits per heavy atom. The van der Waals surface area contributed by atoms with Crippen LogP contribution < -0.4 is 4.90 Å². The van der Waals surface area contributed by atoms with Crippen molar-refractivity contribution >= 4 is 60.2 Å². The topological polar surface area (TPSA) is 3.24 Å². The third kappa shape index (κ3) is 6.24. The van der Waals surface area contributed by atoms with E-state index in [-0.39, 0.29) is 5.41 Å². The van der Waals surface area contributed by atoms with Gasteiger partial charge < -0.3 is 4.90 Å². The van der Waals surface area contributed by atoms with Crippen molar-refractivity contribution in [1.29, 1.82) is 0 Å². The minimum atomic E-state index is -0.127. The number of benzene rings is 12. The molecule has 1 aliphatic rings. The van der Waals surface area contributed by atoms with Gasteiger partial charge in [0.25, 0.3) is 0 Å². The predicted molar refractivity (Wildman–Crippen MR) is 290 cm³/mol. The standard InChI is InChI=1S/C67H47N/c1-67(2)61-33-19-18-26-51(61)52-41-39-50(43-62(52)67)68(49-24-10-5-11-25-49)66-58-31-16-14-29-55(58)64(56-30-15-17-32-59(56)66)47-36-34-46(35-37-47)63-53-27-12-13-28-54(53)65(45-22-8-4-9-23-45)60-42-48(38-40-57(60)63)44-20-6-3-7-21-44/h3-43H,1-2H3. The Bertz CT molecular complexity index is 3850. The first kappa shape index (κ1) is 39.8. The molecule has 12 aromatic rings. The summed E-state index contributed by atoms with van der Waals surface area (Å²) in [5.74, 6) is 0. The van der Waals surface area contributed by atoms with E-state index < -0.39 is 0 Å². The van der Waals surface area contributed by atoms with E-state index in [1.165, 1.54) is 116 Å². The van der Waals surface area contributed by atoms with Gasteiger partial charge in [0, 0.05) is 27.6 Å². The molecule has 0 aromatic heterocycles. The molecule has 0 radical (unpaired) electrons. The lowest BCUT2D eigenvalue weighted by Crippen LogP contribution is -2.17. The van der Waals surface area contributed by atoms with Crippen LogP contribution in [-0.4, -0.2) is 0 Å². The van der Waals surface area contributed by atoms with Crippen molar-refractivity contribution in [2.24, 2.45) is 0 Å². The molecule has 0 amide bonds. The second-order valence-electron chi connectivity index (χ2n) is 18.8. The third-order valence-corrected chi connectivity index (χ3v) is 14.6. The summed E-state index contributed by atoms with van der Waals surface area (Å²) in [4.78, 5) is 2.50. The Morgan fingerprint density at radius 3 is 1.26 bits per heavy atom. The van der Waals surface area contributed by atoms with Crippen molar-refractivity contribution in [1.82, 2.24) is 0 Å². The van der Waals surface area contributed by atoms with Crippen LogP contribution in [0.4, 0.5) is 17.1 Å². The SMILES string of the molecule is CC1(C)c2ccccc2-c2ccc(N(c3ccccc3)c3c4ccccc4c(-c4ccc(-c5c6ccccc6c(-c6ccccc6)c6cc(-c7ccccc7)ccc56)cc4)c4ccccc34)cc21. The quantitative estimate of drug-likeness (QED) is 0.144. The van der Waals surface area contributed by atoms with Crippen LogP contribution in [0.5, 0.6) is 0 Å². The van der Waals surface area contributed by atoms with Gasteiger partial charge >= 0.3 is 0 Å². The fraction of sp³-hybridized carbons (Fsp3) is 0.0448. The first-order valence-electron chi connectivity index (χ1n) is 23.8. The summed E-state index contributed by atoms with van der Waals surface area (Å²) in [6.07, 6.45) is 0. The van der Waals surface area contributed by atoms with Crippen molar-refractivity contribution in [2.45, 2.75) is 19.3 Å². The Hall–Kier alpha value is -8.52. The molecule has 0 aliphatic heterocycles. The minimum absolute atomic E-state index is 0.127. The van der Waals surface area contributed by atoms with Gasteiger partial charge in [0.15, 0.2) is 0 Å². The summed E-state index contributed by atoms with van der Waals surface area (Å²) in [6.45, 7) is 4.73. The summed E-state index contributed by atoms with van der Waals surface area (Å²) in [6, 6.07) is 92.0. The van der Waals surface area contributed by atoms with Crippen LogP contribution in [0, 0.1) is 0 Å². The maximum Gasteiger partial charge on any atom is 0.0618 e. The van der Waals surface area contributed by atoms with Gasteiger partial charge in [0.2, 0.25) is 0 Å². The van der Waals surface area contributed by atoms with Crippen LogP contribution in [0.2, 0.25) is 0 Å². The van der Waals surface area contributed by atoms with Crippen LogP contribution in [0.15, 0.2) is 249 Å². The van der Waals surface area contributed by atoms with Crippen molar-refractivity contribution in [3.05, 3.63) is 260 Å². The van der Waals surface area contributed by atoms with E-state index in [0.717, 1.165) is 11.4 Å². The average Bonchev–Trinajstić information content (AvgIpc) is 3.63. The highest BCUT2D eigenvalue weighted by Gasteiger charge is 2.36. The van der Waals surface area contributed by atoms with Crippen LogP contribution in [-0.2, 0) is 5.41 Å². The van der Waals surface area contributed by atoms with Crippen LogP contribution >= 0.6 is 0 Å². The molecule has 0 saturated heterocycles. The first-order valence-corrected chi connectivity index (χ1v) is 23.8. The van der Waals surface area contributed by atoms with Gasteiger partial charge in [0.05, 0.1) is 5.69 Å². The molecule has 0 heterocycles. The van der Waals surface area contributed by atoms with Gasteiger partial charge in [-0.3, -0.25) is 0 Å². The summed E-state index contributed by atoms with van der Waals surface area (Å²) in [5.41, 5.74) is 18.5. The molecule has 0 saturated carbocycles. The predicted octanol–water partition coefficient (Wildman–Crippen LogP) is 18.7. The van der Waals surface area contributed by atoms with Crippen LogP contribution in [0.3, 0.4) is 0 Å². The van der Waals surface area contributed by atoms with Gasteiger partial charge in [-0.25, -0.2) is 0 Å². The lowest BCUT2D eigenvalue weighted by Gasteiger charge is -2.31. The zero-order chi connectivity index (χ0) is 45.3. The van der Waals surface area contributed by atoms with Gasteiger partial charge in [-0.05, 0) is 129 Å².